The summed E-state index contributed by atoms with van der Waals surface area (Å²) in [5.41, 5.74) is 0.934. The largest absolute Gasteiger partial charge is 0.320 e. The Morgan fingerprint density at radius 1 is 1.14 bits per heavy atom. The fourth-order valence-electron chi connectivity index (χ4n) is 2.78. The van der Waals surface area contributed by atoms with Crippen LogP contribution in [0.1, 0.15) is 51.9 Å². The summed E-state index contributed by atoms with van der Waals surface area (Å²) in [4.78, 5) is 0. The molecule has 0 aliphatic heterocycles. The average Bonchev–Trinajstić information content (AvgIpc) is 2.31. The summed E-state index contributed by atoms with van der Waals surface area (Å²) in [5.74, 6) is 0. The van der Waals surface area contributed by atoms with Crippen LogP contribution in [0, 0.1) is 5.41 Å². The van der Waals surface area contributed by atoms with Gasteiger partial charge in [-0.25, -0.2) is 0 Å². The monoisotopic (exact) mass is 345 g/mol. The van der Waals surface area contributed by atoms with Gasteiger partial charge in [-0.05, 0) is 31.2 Å². The molecule has 0 saturated carbocycles. The van der Waals surface area contributed by atoms with Crippen LogP contribution in [-0.2, 0) is 9.15 Å². The average molecular weight is 346 g/mol. The molecule has 4 nitrogen and oxygen atoms in total. The summed E-state index contributed by atoms with van der Waals surface area (Å²) in [6.45, 7) is 11.2. The lowest BCUT2D eigenvalue weighted by Gasteiger charge is -2.34. The standard InChI is InChI=1S/C16H27NO3S2/c1-15(2,3)12-16(4,5)17-11-14(21-22(18,19)20)13-9-7-6-8-10-13/h6-10,14,17H,11-12H2,1-5H3,(H,18,19,20). The van der Waals surface area contributed by atoms with Crippen molar-refractivity contribution in [3.8, 4) is 0 Å². The molecule has 0 saturated heterocycles. The molecule has 6 heteroatoms. The molecule has 1 unspecified atom stereocenters. The Morgan fingerprint density at radius 2 is 1.68 bits per heavy atom. The van der Waals surface area contributed by atoms with Crippen LogP contribution >= 0.6 is 10.8 Å². The second-order valence-electron chi connectivity index (χ2n) is 7.43. The molecule has 126 valence electrons. The molecule has 0 fully saturated rings. The fraction of sp³-hybridized carbons (Fsp3) is 0.625. The predicted molar refractivity (Wildman–Crippen MR) is 94.5 cm³/mol. The summed E-state index contributed by atoms with van der Waals surface area (Å²) in [6.07, 6.45) is 0.956. The van der Waals surface area contributed by atoms with Gasteiger partial charge in [0.2, 0.25) is 0 Å². The number of rotatable bonds is 7. The first-order valence-corrected chi connectivity index (χ1v) is 10.2. The molecule has 1 atom stereocenters. The van der Waals surface area contributed by atoms with Gasteiger partial charge in [0.15, 0.2) is 0 Å². The Morgan fingerprint density at radius 3 is 2.14 bits per heavy atom. The third-order valence-electron chi connectivity index (χ3n) is 3.15. The first-order chi connectivity index (χ1) is 9.88. The van der Waals surface area contributed by atoms with E-state index in [1.165, 1.54) is 0 Å². The SMILES string of the molecule is CC(C)(C)CC(C)(C)NCC(SS(=O)(=O)O)c1ccccc1. The molecule has 2 N–H and O–H groups in total. The summed E-state index contributed by atoms with van der Waals surface area (Å²) in [6, 6.07) is 9.37. The van der Waals surface area contributed by atoms with Gasteiger partial charge < -0.3 is 5.32 Å². The second-order valence-corrected chi connectivity index (χ2v) is 10.9. The Labute approximate surface area is 138 Å². The number of hydrogen-bond donors (Lipinski definition) is 2. The molecule has 0 aliphatic carbocycles. The smallest absolute Gasteiger partial charge is 0.310 e. The third kappa shape index (κ3) is 8.17. The van der Waals surface area contributed by atoms with Crippen LogP contribution in [0.5, 0.6) is 0 Å². The van der Waals surface area contributed by atoms with Crippen molar-refractivity contribution in [3.63, 3.8) is 0 Å². The third-order valence-corrected chi connectivity index (χ3v) is 5.49. The van der Waals surface area contributed by atoms with Gasteiger partial charge in [0.1, 0.15) is 0 Å². The van der Waals surface area contributed by atoms with Crippen LogP contribution in [0.2, 0.25) is 0 Å². The summed E-state index contributed by atoms with van der Waals surface area (Å²) >= 11 is 0. The minimum atomic E-state index is -4.10. The van der Waals surface area contributed by atoms with Crippen molar-refractivity contribution in [1.82, 2.24) is 5.32 Å². The molecule has 0 heterocycles. The van der Waals surface area contributed by atoms with E-state index in [2.05, 4.69) is 39.9 Å². The number of hydrogen-bond acceptors (Lipinski definition) is 4. The lowest BCUT2D eigenvalue weighted by molar-refractivity contribution is 0.243. The zero-order chi connectivity index (χ0) is 17.0. The van der Waals surface area contributed by atoms with Crippen LogP contribution in [0.15, 0.2) is 30.3 Å². The van der Waals surface area contributed by atoms with E-state index in [9.17, 15) is 13.0 Å². The van der Waals surface area contributed by atoms with Gasteiger partial charge in [0.05, 0.1) is 5.25 Å². The maximum Gasteiger partial charge on any atom is 0.320 e. The zero-order valence-corrected chi connectivity index (χ0v) is 15.6. The highest BCUT2D eigenvalue weighted by Crippen LogP contribution is 2.33. The molecule has 1 aromatic rings. The van der Waals surface area contributed by atoms with Gasteiger partial charge >= 0.3 is 9.15 Å². The van der Waals surface area contributed by atoms with E-state index in [0.29, 0.717) is 17.3 Å². The molecule has 0 spiro atoms. The Bertz CT molecular complexity index is 563. The zero-order valence-electron chi connectivity index (χ0n) is 14.0. The van der Waals surface area contributed by atoms with E-state index in [-0.39, 0.29) is 16.2 Å². The number of benzene rings is 1. The summed E-state index contributed by atoms with van der Waals surface area (Å²) in [5, 5.41) is 3.09. The molecule has 0 radical (unpaired) electrons. The molecule has 0 aliphatic rings. The van der Waals surface area contributed by atoms with E-state index in [0.717, 1.165) is 12.0 Å². The Balaban J connectivity index is 2.82. The van der Waals surface area contributed by atoms with Crippen molar-refractivity contribution in [1.29, 1.82) is 0 Å². The summed E-state index contributed by atoms with van der Waals surface area (Å²) < 4.78 is 31.7. The molecule has 1 rings (SSSR count). The van der Waals surface area contributed by atoms with E-state index in [4.69, 9.17) is 0 Å². The van der Waals surface area contributed by atoms with Crippen LogP contribution in [0.4, 0.5) is 0 Å². The topological polar surface area (TPSA) is 66.4 Å². The minimum absolute atomic E-state index is 0.120. The quantitative estimate of drug-likeness (QED) is 0.576. The van der Waals surface area contributed by atoms with Crippen molar-refractivity contribution >= 4 is 19.9 Å². The first-order valence-electron chi connectivity index (χ1n) is 7.34. The normalized spacial score (nSPS) is 14.8. The molecule has 0 aromatic heterocycles. The molecule has 0 amide bonds. The van der Waals surface area contributed by atoms with Gasteiger partial charge in [-0.2, -0.15) is 8.42 Å². The summed E-state index contributed by atoms with van der Waals surface area (Å²) in [7, 11) is -3.52. The molecule has 0 bridgehead atoms. The van der Waals surface area contributed by atoms with E-state index in [1.807, 2.05) is 30.3 Å². The van der Waals surface area contributed by atoms with Crippen molar-refractivity contribution < 1.29 is 13.0 Å². The highest BCUT2D eigenvalue weighted by atomic mass is 33.1. The predicted octanol–water partition coefficient (Wildman–Crippen LogP) is 4.07. The Kier molecular flexibility index (Phi) is 6.50. The van der Waals surface area contributed by atoms with Crippen LogP contribution in [0.25, 0.3) is 0 Å². The van der Waals surface area contributed by atoms with Gasteiger partial charge in [-0.3, -0.25) is 4.55 Å². The highest BCUT2D eigenvalue weighted by Gasteiger charge is 2.27. The maximum absolute atomic E-state index is 11.3. The van der Waals surface area contributed by atoms with Crippen molar-refractivity contribution in [3.05, 3.63) is 35.9 Å². The van der Waals surface area contributed by atoms with E-state index >= 15 is 0 Å². The lowest BCUT2D eigenvalue weighted by atomic mass is 9.82. The van der Waals surface area contributed by atoms with Gasteiger partial charge in [0.25, 0.3) is 0 Å². The second kappa shape index (κ2) is 7.34. The molecular formula is C16H27NO3S2. The fourth-order valence-corrected chi connectivity index (χ4v) is 4.91. The Hall–Kier alpha value is -0.560. The molecule has 1 aromatic carbocycles. The van der Waals surface area contributed by atoms with E-state index < -0.39 is 9.15 Å². The maximum atomic E-state index is 11.3. The lowest BCUT2D eigenvalue weighted by Crippen LogP contribution is -2.44. The van der Waals surface area contributed by atoms with Crippen LogP contribution in [0.3, 0.4) is 0 Å². The van der Waals surface area contributed by atoms with Crippen molar-refractivity contribution in [2.45, 2.75) is 51.8 Å². The van der Waals surface area contributed by atoms with Crippen LogP contribution in [-0.4, -0.2) is 25.1 Å². The minimum Gasteiger partial charge on any atom is -0.310 e. The van der Waals surface area contributed by atoms with Gasteiger partial charge in [-0.1, -0.05) is 51.1 Å². The molecular weight excluding hydrogens is 318 g/mol. The van der Waals surface area contributed by atoms with Crippen molar-refractivity contribution in [2.24, 2.45) is 5.41 Å². The van der Waals surface area contributed by atoms with Gasteiger partial charge in [-0.15, -0.1) is 0 Å². The first kappa shape index (κ1) is 19.5. The van der Waals surface area contributed by atoms with Crippen molar-refractivity contribution in [2.75, 3.05) is 6.54 Å². The van der Waals surface area contributed by atoms with Crippen LogP contribution < -0.4 is 5.32 Å². The molecule has 22 heavy (non-hydrogen) atoms. The van der Waals surface area contributed by atoms with Gasteiger partial charge in [0, 0.05) is 22.9 Å². The van der Waals surface area contributed by atoms with E-state index in [1.54, 1.807) is 0 Å². The number of nitrogens with one attached hydrogen (secondary N) is 1. The highest BCUT2D eigenvalue weighted by molar-refractivity contribution is 8.70.